The zero-order chi connectivity index (χ0) is 17.7. The van der Waals surface area contributed by atoms with Gasteiger partial charge in [-0.1, -0.05) is 11.6 Å². The lowest BCUT2D eigenvalue weighted by Gasteiger charge is -2.37. The fraction of sp³-hybridized carbons (Fsp3) is 0.444. The van der Waals surface area contributed by atoms with Crippen LogP contribution in [0.4, 0.5) is 0 Å². The summed E-state index contributed by atoms with van der Waals surface area (Å²) >= 11 is 5.90. The molecule has 1 amide bonds. The largest absolute Gasteiger partial charge is 0.384 e. The van der Waals surface area contributed by atoms with E-state index in [4.69, 9.17) is 16.3 Å². The molecule has 0 unspecified atom stereocenters. The monoisotopic (exact) mass is 398 g/mol. The van der Waals surface area contributed by atoms with Gasteiger partial charge in [0.1, 0.15) is 0 Å². The normalized spacial score (nSPS) is 15.9. The van der Waals surface area contributed by atoms with E-state index >= 15 is 0 Å². The molecule has 2 aromatic rings. The van der Waals surface area contributed by atoms with Gasteiger partial charge in [-0.3, -0.25) is 4.79 Å². The lowest BCUT2D eigenvalue weighted by Crippen LogP contribution is -2.47. The van der Waals surface area contributed by atoms with Crippen LogP contribution < -0.4 is 10.6 Å². The first-order chi connectivity index (χ1) is 12.1. The molecule has 0 spiro atoms. The van der Waals surface area contributed by atoms with Crippen LogP contribution >= 0.6 is 24.0 Å². The molecule has 6 nitrogen and oxygen atoms in total. The Morgan fingerprint density at radius 3 is 2.69 bits per heavy atom. The van der Waals surface area contributed by atoms with Crippen LogP contribution in [0.25, 0.3) is 5.69 Å². The third-order valence-corrected chi connectivity index (χ3v) is 4.93. The van der Waals surface area contributed by atoms with Gasteiger partial charge in [-0.25, -0.2) is 4.68 Å². The van der Waals surface area contributed by atoms with Gasteiger partial charge in [0.2, 0.25) is 0 Å². The minimum atomic E-state index is -0.116. The summed E-state index contributed by atoms with van der Waals surface area (Å²) in [5.41, 5.74) is 1.40. The lowest BCUT2D eigenvalue weighted by atomic mass is 9.79. The first kappa shape index (κ1) is 20.7. The van der Waals surface area contributed by atoms with Gasteiger partial charge < -0.3 is 15.4 Å². The molecule has 2 heterocycles. The highest BCUT2D eigenvalue weighted by Crippen LogP contribution is 2.28. The number of methoxy groups -OCH3 is 1. The van der Waals surface area contributed by atoms with E-state index in [-0.39, 0.29) is 23.7 Å². The minimum Gasteiger partial charge on any atom is -0.384 e. The molecule has 1 fully saturated rings. The lowest BCUT2D eigenvalue weighted by molar-refractivity contribution is 0.0512. The molecule has 0 radical (unpaired) electrons. The van der Waals surface area contributed by atoms with E-state index < -0.39 is 0 Å². The average molecular weight is 399 g/mol. The van der Waals surface area contributed by atoms with Crippen LogP contribution in [0.15, 0.2) is 36.7 Å². The third kappa shape index (κ3) is 4.98. The standard InChI is InChI=1S/C18H23ClN4O2.ClH/c1-25-13-18(6-8-20-9-7-18)12-21-17(24)14-10-22-23(11-14)16-4-2-15(19)3-5-16;/h2-5,10-11,20H,6-9,12-13H2,1H3,(H,21,24);1H. The van der Waals surface area contributed by atoms with Gasteiger partial charge in [0.25, 0.3) is 5.91 Å². The molecule has 0 saturated carbocycles. The molecule has 1 aromatic carbocycles. The maximum Gasteiger partial charge on any atom is 0.254 e. The summed E-state index contributed by atoms with van der Waals surface area (Å²) in [5.74, 6) is -0.116. The Balaban J connectivity index is 0.00000243. The Morgan fingerprint density at radius 2 is 2.04 bits per heavy atom. The van der Waals surface area contributed by atoms with Crippen molar-refractivity contribution in [1.29, 1.82) is 0 Å². The Hall–Kier alpha value is -1.60. The molecule has 1 aliphatic rings. The van der Waals surface area contributed by atoms with Crippen LogP contribution in [0.3, 0.4) is 0 Å². The molecule has 0 atom stereocenters. The number of ether oxygens (including phenoxy) is 1. The first-order valence-corrected chi connectivity index (χ1v) is 8.78. The Labute approximate surface area is 164 Å². The van der Waals surface area contributed by atoms with Crippen LogP contribution in [-0.4, -0.2) is 49.0 Å². The van der Waals surface area contributed by atoms with Crippen LogP contribution in [0.5, 0.6) is 0 Å². The highest BCUT2D eigenvalue weighted by atomic mass is 35.5. The van der Waals surface area contributed by atoms with Crippen molar-refractivity contribution >= 4 is 29.9 Å². The number of aromatic nitrogens is 2. The van der Waals surface area contributed by atoms with Crippen LogP contribution in [0.1, 0.15) is 23.2 Å². The number of nitrogens with zero attached hydrogens (tertiary/aromatic N) is 2. The van der Waals surface area contributed by atoms with Crippen molar-refractivity contribution in [2.24, 2.45) is 5.41 Å². The summed E-state index contributed by atoms with van der Waals surface area (Å²) < 4.78 is 7.06. The van der Waals surface area contributed by atoms with Gasteiger partial charge >= 0.3 is 0 Å². The molecule has 0 bridgehead atoms. The molecule has 1 aromatic heterocycles. The van der Waals surface area contributed by atoms with Gasteiger partial charge in [-0.15, -0.1) is 12.4 Å². The van der Waals surface area contributed by atoms with E-state index in [2.05, 4.69) is 15.7 Å². The van der Waals surface area contributed by atoms with E-state index in [1.54, 1.807) is 36.3 Å². The Kier molecular flexibility index (Phi) is 7.46. The summed E-state index contributed by atoms with van der Waals surface area (Å²) in [6.07, 6.45) is 5.29. The van der Waals surface area contributed by atoms with Crippen molar-refractivity contribution in [3.05, 3.63) is 47.2 Å². The SMILES string of the molecule is COCC1(CNC(=O)c2cnn(-c3ccc(Cl)cc3)c2)CCNCC1.Cl. The van der Waals surface area contributed by atoms with Gasteiger partial charge in [-0.05, 0) is 50.2 Å². The molecule has 3 rings (SSSR count). The molecule has 142 valence electrons. The van der Waals surface area contributed by atoms with Crippen molar-refractivity contribution in [1.82, 2.24) is 20.4 Å². The van der Waals surface area contributed by atoms with Crippen LogP contribution in [0, 0.1) is 5.41 Å². The highest BCUT2D eigenvalue weighted by Gasteiger charge is 2.32. The number of halogens is 2. The van der Waals surface area contributed by atoms with E-state index in [1.807, 2.05) is 12.1 Å². The topological polar surface area (TPSA) is 68.2 Å². The van der Waals surface area contributed by atoms with Crippen LogP contribution in [-0.2, 0) is 4.74 Å². The number of hydrogen-bond donors (Lipinski definition) is 2. The van der Waals surface area contributed by atoms with E-state index in [0.717, 1.165) is 31.6 Å². The summed E-state index contributed by atoms with van der Waals surface area (Å²) in [4.78, 5) is 12.5. The smallest absolute Gasteiger partial charge is 0.254 e. The molecular weight excluding hydrogens is 375 g/mol. The third-order valence-electron chi connectivity index (χ3n) is 4.67. The molecule has 26 heavy (non-hydrogen) atoms. The highest BCUT2D eigenvalue weighted by molar-refractivity contribution is 6.30. The number of benzene rings is 1. The molecule has 1 saturated heterocycles. The molecule has 8 heteroatoms. The van der Waals surface area contributed by atoms with Crippen molar-refractivity contribution in [3.8, 4) is 5.69 Å². The Morgan fingerprint density at radius 1 is 1.35 bits per heavy atom. The molecular formula is C18H24Cl2N4O2. The summed E-state index contributed by atoms with van der Waals surface area (Å²) in [6, 6.07) is 7.31. The average Bonchev–Trinajstić information content (AvgIpc) is 3.12. The molecule has 0 aliphatic carbocycles. The quantitative estimate of drug-likeness (QED) is 0.784. The van der Waals surface area contributed by atoms with E-state index in [9.17, 15) is 4.79 Å². The number of carbonyl (C=O) groups excluding carboxylic acids is 1. The predicted molar refractivity (Wildman–Crippen MR) is 105 cm³/mol. The fourth-order valence-corrected chi connectivity index (χ4v) is 3.31. The van der Waals surface area contributed by atoms with Gasteiger partial charge in [0, 0.05) is 30.3 Å². The molecule has 2 N–H and O–H groups in total. The zero-order valence-corrected chi connectivity index (χ0v) is 16.3. The predicted octanol–water partition coefficient (Wildman–Crippen LogP) is 2.69. The number of nitrogens with one attached hydrogen (secondary N) is 2. The van der Waals surface area contributed by atoms with Crippen molar-refractivity contribution in [2.75, 3.05) is 33.4 Å². The van der Waals surface area contributed by atoms with Gasteiger partial charge in [0.15, 0.2) is 0 Å². The second kappa shape index (κ2) is 9.37. The minimum absolute atomic E-state index is 0. The number of carbonyl (C=O) groups is 1. The van der Waals surface area contributed by atoms with Gasteiger partial charge in [0.05, 0.1) is 24.1 Å². The summed E-state index contributed by atoms with van der Waals surface area (Å²) in [7, 11) is 1.71. The van der Waals surface area contributed by atoms with Crippen molar-refractivity contribution in [3.63, 3.8) is 0 Å². The van der Waals surface area contributed by atoms with Crippen LogP contribution in [0.2, 0.25) is 5.02 Å². The Bertz CT molecular complexity index is 707. The zero-order valence-electron chi connectivity index (χ0n) is 14.7. The van der Waals surface area contributed by atoms with Gasteiger partial charge in [-0.2, -0.15) is 5.10 Å². The molecule has 1 aliphatic heterocycles. The maximum absolute atomic E-state index is 12.5. The van der Waals surface area contributed by atoms with E-state index in [0.29, 0.717) is 23.7 Å². The summed E-state index contributed by atoms with van der Waals surface area (Å²) in [6.45, 7) is 3.16. The van der Waals surface area contributed by atoms with E-state index in [1.165, 1.54) is 0 Å². The van der Waals surface area contributed by atoms with Crippen molar-refractivity contribution < 1.29 is 9.53 Å². The van der Waals surface area contributed by atoms with Crippen molar-refractivity contribution in [2.45, 2.75) is 12.8 Å². The number of amides is 1. The number of rotatable bonds is 6. The second-order valence-corrected chi connectivity index (χ2v) is 6.95. The first-order valence-electron chi connectivity index (χ1n) is 8.40. The summed E-state index contributed by atoms with van der Waals surface area (Å²) in [5, 5.41) is 11.3. The second-order valence-electron chi connectivity index (χ2n) is 6.52. The fourth-order valence-electron chi connectivity index (χ4n) is 3.18. The number of piperidine rings is 1. The maximum atomic E-state index is 12.5. The number of hydrogen-bond acceptors (Lipinski definition) is 4.